The highest BCUT2D eigenvalue weighted by Crippen LogP contribution is 2.26. The fourth-order valence-electron chi connectivity index (χ4n) is 2.60. The van der Waals surface area contributed by atoms with Crippen LogP contribution in [0.15, 0.2) is 52.1 Å². The normalized spacial score (nSPS) is 11.0. The predicted molar refractivity (Wildman–Crippen MR) is 110 cm³/mol. The summed E-state index contributed by atoms with van der Waals surface area (Å²) in [6, 6.07) is 13.8. The molecule has 0 saturated carbocycles. The number of rotatable bonds is 7. The second kappa shape index (κ2) is 8.70. The Labute approximate surface area is 165 Å². The van der Waals surface area contributed by atoms with Crippen LogP contribution in [0.25, 0.3) is 11.0 Å². The van der Waals surface area contributed by atoms with Gasteiger partial charge >= 0.3 is 0 Å². The van der Waals surface area contributed by atoms with E-state index in [0.29, 0.717) is 13.2 Å². The van der Waals surface area contributed by atoms with Crippen LogP contribution in [0.3, 0.4) is 0 Å². The van der Waals surface area contributed by atoms with Crippen LogP contribution in [0.2, 0.25) is 0 Å². The van der Waals surface area contributed by atoms with Crippen molar-refractivity contribution in [1.29, 1.82) is 0 Å². The van der Waals surface area contributed by atoms with E-state index >= 15 is 0 Å². The van der Waals surface area contributed by atoms with Crippen molar-refractivity contribution in [2.24, 2.45) is 0 Å². The molecular weight excluding hydrogens is 414 g/mol. The zero-order valence-corrected chi connectivity index (χ0v) is 17.1. The number of para-hydroxylation sites is 2. The van der Waals surface area contributed by atoms with Gasteiger partial charge in [-0.2, -0.15) is 0 Å². The van der Waals surface area contributed by atoms with Crippen LogP contribution in [-0.4, -0.2) is 34.9 Å². The van der Waals surface area contributed by atoms with Crippen LogP contribution in [0.5, 0.6) is 0 Å². The Morgan fingerprint density at radius 1 is 1.31 bits per heavy atom. The van der Waals surface area contributed by atoms with E-state index in [4.69, 9.17) is 4.74 Å². The first kappa shape index (κ1) is 18.9. The first-order valence-corrected chi connectivity index (χ1v) is 9.99. The van der Waals surface area contributed by atoms with Crippen LogP contribution < -0.4 is 5.32 Å². The van der Waals surface area contributed by atoms with Crippen molar-refractivity contribution in [3.05, 3.63) is 52.5 Å². The van der Waals surface area contributed by atoms with Gasteiger partial charge in [-0.25, -0.2) is 4.98 Å². The van der Waals surface area contributed by atoms with E-state index in [0.717, 1.165) is 31.9 Å². The van der Waals surface area contributed by atoms with Crippen LogP contribution >= 0.6 is 27.7 Å². The molecule has 0 bridgehead atoms. The second-order valence-electron chi connectivity index (χ2n) is 5.85. The minimum atomic E-state index is -0.0649. The van der Waals surface area contributed by atoms with E-state index < -0.39 is 0 Å². The first-order chi connectivity index (χ1) is 12.6. The van der Waals surface area contributed by atoms with Crippen molar-refractivity contribution in [3.63, 3.8) is 0 Å². The molecule has 0 saturated heterocycles. The molecular formula is C19H20BrN3O2S. The molecule has 5 nitrogen and oxygen atoms in total. The zero-order chi connectivity index (χ0) is 18.5. The summed E-state index contributed by atoms with van der Waals surface area (Å²) in [7, 11) is 1.68. The number of thioether (sulfide) groups is 1. The summed E-state index contributed by atoms with van der Waals surface area (Å²) >= 11 is 4.91. The number of ether oxygens (including phenoxy) is 1. The number of amides is 1. The highest BCUT2D eigenvalue weighted by molar-refractivity contribution is 9.10. The molecule has 0 aliphatic carbocycles. The second-order valence-corrected chi connectivity index (χ2v) is 7.64. The third-order valence-electron chi connectivity index (χ3n) is 3.87. The van der Waals surface area contributed by atoms with Crippen LogP contribution in [0.1, 0.15) is 5.56 Å². The molecule has 1 amide bonds. The number of nitrogens with one attached hydrogen (secondary N) is 1. The van der Waals surface area contributed by atoms with Gasteiger partial charge in [-0.3, -0.25) is 4.79 Å². The number of aromatic nitrogens is 2. The average Bonchev–Trinajstić information content (AvgIpc) is 2.98. The first-order valence-electron chi connectivity index (χ1n) is 8.21. The lowest BCUT2D eigenvalue weighted by Gasteiger charge is -2.10. The Kier molecular flexibility index (Phi) is 6.34. The zero-order valence-electron chi connectivity index (χ0n) is 14.7. The molecule has 0 atom stereocenters. The van der Waals surface area contributed by atoms with E-state index in [-0.39, 0.29) is 11.7 Å². The summed E-state index contributed by atoms with van der Waals surface area (Å²) in [5.41, 5.74) is 3.88. The molecule has 26 heavy (non-hydrogen) atoms. The molecule has 0 aliphatic rings. The fraction of sp³-hybridized carbons (Fsp3) is 0.263. The number of benzene rings is 2. The maximum Gasteiger partial charge on any atom is 0.234 e. The molecule has 3 aromatic rings. The number of fused-ring (bicyclic) bond motifs is 1. The summed E-state index contributed by atoms with van der Waals surface area (Å²) in [5, 5.41) is 3.76. The number of hydrogen-bond donors (Lipinski definition) is 1. The lowest BCUT2D eigenvalue weighted by molar-refractivity contribution is -0.113. The maximum absolute atomic E-state index is 12.3. The van der Waals surface area contributed by atoms with Gasteiger partial charge in [0.2, 0.25) is 5.91 Å². The highest BCUT2D eigenvalue weighted by atomic mass is 79.9. The number of carbonyl (C=O) groups excluding carboxylic acids is 1. The number of methoxy groups -OCH3 is 1. The fourth-order valence-corrected chi connectivity index (χ4v) is 4.03. The number of carbonyl (C=O) groups is 1. The summed E-state index contributed by atoms with van der Waals surface area (Å²) in [4.78, 5) is 17.0. The standard InChI is InChI=1S/C19H20BrN3O2S/c1-13-7-8-15(14(20)11-13)21-18(24)12-26-19-22-16-5-3-4-6-17(16)23(19)9-10-25-2/h3-8,11H,9-10,12H2,1-2H3,(H,21,24). The topological polar surface area (TPSA) is 56.1 Å². The molecule has 0 spiro atoms. The molecule has 1 aromatic heterocycles. The largest absolute Gasteiger partial charge is 0.383 e. The van der Waals surface area contributed by atoms with Gasteiger partial charge < -0.3 is 14.6 Å². The van der Waals surface area contributed by atoms with Gasteiger partial charge in [0.25, 0.3) is 0 Å². The molecule has 136 valence electrons. The van der Waals surface area contributed by atoms with Crippen LogP contribution in [-0.2, 0) is 16.1 Å². The molecule has 2 aromatic carbocycles. The summed E-state index contributed by atoms with van der Waals surface area (Å²) in [6.45, 7) is 3.30. The van der Waals surface area contributed by atoms with Gasteiger partial charge in [0, 0.05) is 18.1 Å². The SMILES string of the molecule is COCCn1c(SCC(=O)Nc2ccc(C)cc2Br)nc2ccccc21. The Morgan fingerprint density at radius 2 is 2.12 bits per heavy atom. The van der Waals surface area contributed by atoms with E-state index in [1.54, 1.807) is 7.11 Å². The predicted octanol–water partition coefficient (Wildman–Crippen LogP) is 4.48. The smallest absolute Gasteiger partial charge is 0.234 e. The molecule has 3 rings (SSSR count). The third kappa shape index (κ3) is 4.47. The Morgan fingerprint density at radius 3 is 2.88 bits per heavy atom. The van der Waals surface area contributed by atoms with Gasteiger partial charge in [0.1, 0.15) is 0 Å². The number of imidazole rings is 1. The summed E-state index contributed by atoms with van der Waals surface area (Å²) < 4.78 is 8.18. The molecule has 0 radical (unpaired) electrons. The number of anilines is 1. The van der Waals surface area contributed by atoms with E-state index in [9.17, 15) is 4.79 Å². The Balaban J connectivity index is 1.71. The number of aryl methyl sites for hydroxylation is 1. The van der Waals surface area contributed by atoms with Crippen molar-refractivity contribution in [3.8, 4) is 0 Å². The minimum absolute atomic E-state index is 0.0649. The molecule has 1 N–H and O–H groups in total. The van der Waals surface area contributed by atoms with Crippen molar-refractivity contribution in [2.75, 3.05) is 24.8 Å². The number of hydrogen-bond acceptors (Lipinski definition) is 4. The molecule has 0 fully saturated rings. The Bertz CT molecular complexity index is 926. The van der Waals surface area contributed by atoms with Crippen molar-refractivity contribution < 1.29 is 9.53 Å². The molecule has 0 aliphatic heterocycles. The van der Waals surface area contributed by atoms with E-state index in [1.807, 2.05) is 49.4 Å². The van der Waals surface area contributed by atoms with Crippen LogP contribution in [0.4, 0.5) is 5.69 Å². The molecule has 0 unspecified atom stereocenters. The minimum Gasteiger partial charge on any atom is -0.383 e. The Hall–Kier alpha value is -1.83. The number of nitrogens with zero attached hydrogens (tertiary/aromatic N) is 2. The molecule has 7 heteroatoms. The van der Waals surface area contributed by atoms with E-state index in [1.165, 1.54) is 11.8 Å². The van der Waals surface area contributed by atoms with Gasteiger partial charge in [-0.15, -0.1) is 0 Å². The third-order valence-corrected chi connectivity index (χ3v) is 5.50. The van der Waals surface area contributed by atoms with Gasteiger partial charge in [-0.05, 0) is 52.7 Å². The lowest BCUT2D eigenvalue weighted by Crippen LogP contribution is -2.15. The van der Waals surface area contributed by atoms with Crippen molar-refractivity contribution >= 4 is 50.3 Å². The summed E-state index contributed by atoms with van der Waals surface area (Å²) in [6.07, 6.45) is 0. The van der Waals surface area contributed by atoms with E-state index in [2.05, 4.69) is 30.8 Å². The quantitative estimate of drug-likeness (QED) is 0.557. The molecule has 1 heterocycles. The van der Waals surface area contributed by atoms with Gasteiger partial charge in [-0.1, -0.05) is 30.0 Å². The summed E-state index contributed by atoms with van der Waals surface area (Å²) in [5.74, 6) is 0.223. The van der Waals surface area contributed by atoms with Crippen molar-refractivity contribution in [1.82, 2.24) is 9.55 Å². The number of halogens is 1. The monoisotopic (exact) mass is 433 g/mol. The van der Waals surface area contributed by atoms with Crippen LogP contribution in [0, 0.1) is 6.92 Å². The maximum atomic E-state index is 12.3. The van der Waals surface area contributed by atoms with Gasteiger partial charge in [0.15, 0.2) is 5.16 Å². The van der Waals surface area contributed by atoms with Gasteiger partial charge in [0.05, 0.1) is 29.1 Å². The highest BCUT2D eigenvalue weighted by Gasteiger charge is 2.13. The lowest BCUT2D eigenvalue weighted by atomic mass is 10.2. The van der Waals surface area contributed by atoms with Crippen molar-refractivity contribution in [2.45, 2.75) is 18.6 Å². The average molecular weight is 434 g/mol.